The Hall–Kier alpha value is -0.120. The highest BCUT2D eigenvalue weighted by molar-refractivity contribution is 4.72. The van der Waals surface area contributed by atoms with Gasteiger partial charge >= 0.3 is 0 Å². The lowest BCUT2D eigenvalue weighted by Gasteiger charge is -2.28. The van der Waals surface area contributed by atoms with Crippen LogP contribution in [0.2, 0.25) is 0 Å². The van der Waals surface area contributed by atoms with Crippen molar-refractivity contribution in [3.05, 3.63) is 0 Å². The minimum absolute atomic E-state index is 0.453. The van der Waals surface area contributed by atoms with Crippen molar-refractivity contribution < 1.29 is 4.74 Å². The third-order valence-corrected chi connectivity index (χ3v) is 2.61. The van der Waals surface area contributed by atoms with Crippen LogP contribution in [0.3, 0.4) is 0 Å². The van der Waals surface area contributed by atoms with Crippen LogP contribution in [0.25, 0.3) is 0 Å². The van der Waals surface area contributed by atoms with E-state index in [9.17, 15) is 0 Å². The molecular formula is C10H22N2O. The van der Waals surface area contributed by atoms with E-state index in [-0.39, 0.29) is 0 Å². The quantitative estimate of drug-likeness (QED) is 0.691. The molecule has 0 spiro atoms. The molecule has 1 saturated heterocycles. The first-order valence-corrected chi connectivity index (χ1v) is 5.29. The molecule has 1 unspecified atom stereocenters. The molecule has 0 aromatic heterocycles. The molecule has 2 N–H and O–H groups in total. The zero-order valence-corrected chi connectivity index (χ0v) is 8.83. The molecule has 3 nitrogen and oxygen atoms in total. The Morgan fingerprint density at radius 2 is 2.31 bits per heavy atom. The topological polar surface area (TPSA) is 38.5 Å². The lowest BCUT2D eigenvalue weighted by atomic mass is 10.2. The smallest absolute Gasteiger partial charge is 0.0702 e. The summed E-state index contributed by atoms with van der Waals surface area (Å²) < 4.78 is 5.60. The van der Waals surface area contributed by atoms with Crippen molar-refractivity contribution in [1.82, 2.24) is 4.90 Å². The molecule has 0 amide bonds. The summed E-state index contributed by atoms with van der Waals surface area (Å²) in [6.07, 6.45) is 2.89. The molecule has 1 fully saturated rings. The third-order valence-electron chi connectivity index (χ3n) is 2.61. The molecular weight excluding hydrogens is 164 g/mol. The molecule has 1 atom stereocenters. The maximum atomic E-state index is 5.60. The average Bonchev–Trinajstić information content (AvgIpc) is 2.56. The van der Waals surface area contributed by atoms with Gasteiger partial charge in [0.15, 0.2) is 0 Å². The second-order valence-electron chi connectivity index (χ2n) is 4.01. The minimum Gasteiger partial charge on any atom is -0.377 e. The van der Waals surface area contributed by atoms with Gasteiger partial charge in [0.2, 0.25) is 0 Å². The van der Waals surface area contributed by atoms with Crippen molar-refractivity contribution in [2.24, 2.45) is 5.73 Å². The van der Waals surface area contributed by atoms with Crippen molar-refractivity contribution in [2.45, 2.75) is 38.8 Å². The molecule has 0 radical (unpaired) electrons. The van der Waals surface area contributed by atoms with E-state index < -0.39 is 0 Å². The summed E-state index contributed by atoms with van der Waals surface area (Å²) in [7, 11) is 0. The number of nitrogens with two attached hydrogens (primary N) is 1. The average molecular weight is 186 g/mol. The van der Waals surface area contributed by atoms with Gasteiger partial charge in [-0.05, 0) is 26.7 Å². The number of ether oxygens (including phenoxy) is 1. The summed E-state index contributed by atoms with van der Waals surface area (Å²) in [5, 5.41) is 0. The summed E-state index contributed by atoms with van der Waals surface area (Å²) >= 11 is 0. The molecule has 1 aliphatic heterocycles. The molecule has 1 aliphatic rings. The first-order valence-electron chi connectivity index (χ1n) is 5.29. The van der Waals surface area contributed by atoms with Gasteiger partial charge in [0.25, 0.3) is 0 Å². The van der Waals surface area contributed by atoms with E-state index in [1.165, 1.54) is 12.8 Å². The van der Waals surface area contributed by atoms with Crippen LogP contribution in [0.15, 0.2) is 0 Å². The van der Waals surface area contributed by atoms with Gasteiger partial charge < -0.3 is 10.5 Å². The van der Waals surface area contributed by atoms with E-state index in [0.29, 0.717) is 12.1 Å². The standard InChI is InChI=1S/C10H22N2O/c1-9(2)12(6-5-11)8-10-4-3-7-13-10/h9-10H,3-8,11H2,1-2H3. The molecule has 1 rings (SSSR count). The van der Waals surface area contributed by atoms with Crippen LogP contribution in [0, 0.1) is 0 Å². The lowest BCUT2D eigenvalue weighted by molar-refractivity contribution is 0.0638. The Morgan fingerprint density at radius 3 is 2.77 bits per heavy atom. The van der Waals surface area contributed by atoms with Crippen LogP contribution in [0.1, 0.15) is 26.7 Å². The Labute approximate surface area is 81.2 Å². The Bertz CT molecular complexity index is 133. The molecule has 3 heteroatoms. The predicted molar refractivity (Wildman–Crippen MR) is 54.7 cm³/mol. The highest BCUT2D eigenvalue weighted by Crippen LogP contribution is 2.14. The van der Waals surface area contributed by atoms with Gasteiger partial charge in [-0.15, -0.1) is 0 Å². The zero-order valence-electron chi connectivity index (χ0n) is 8.83. The van der Waals surface area contributed by atoms with E-state index in [1.54, 1.807) is 0 Å². The normalized spacial score (nSPS) is 23.3. The highest BCUT2D eigenvalue weighted by atomic mass is 16.5. The fourth-order valence-electron chi connectivity index (χ4n) is 1.78. The molecule has 0 saturated carbocycles. The van der Waals surface area contributed by atoms with E-state index >= 15 is 0 Å². The minimum atomic E-state index is 0.453. The fraction of sp³-hybridized carbons (Fsp3) is 1.00. The Balaban J connectivity index is 2.27. The van der Waals surface area contributed by atoms with Crippen LogP contribution < -0.4 is 5.73 Å². The number of nitrogens with zero attached hydrogens (tertiary/aromatic N) is 1. The summed E-state index contributed by atoms with van der Waals surface area (Å²) in [5.74, 6) is 0. The largest absolute Gasteiger partial charge is 0.377 e. The number of hydrogen-bond donors (Lipinski definition) is 1. The van der Waals surface area contributed by atoms with Gasteiger partial charge in [0.05, 0.1) is 6.10 Å². The van der Waals surface area contributed by atoms with Gasteiger partial charge in [-0.3, -0.25) is 4.90 Å². The molecule has 0 aromatic carbocycles. The Kier molecular flexibility index (Phi) is 4.70. The van der Waals surface area contributed by atoms with Gasteiger partial charge in [-0.25, -0.2) is 0 Å². The van der Waals surface area contributed by atoms with E-state index in [2.05, 4.69) is 18.7 Å². The maximum absolute atomic E-state index is 5.60. The van der Waals surface area contributed by atoms with Crippen LogP contribution in [-0.4, -0.2) is 43.3 Å². The van der Waals surface area contributed by atoms with Crippen molar-refractivity contribution >= 4 is 0 Å². The summed E-state index contributed by atoms with van der Waals surface area (Å²) in [5.41, 5.74) is 5.56. The van der Waals surface area contributed by atoms with Crippen molar-refractivity contribution in [3.63, 3.8) is 0 Å². The summed E-state index contributed by atoms with van der Waals surface area (Å²) in [6.45, 7) is 8.14. The second kappa shape index (κ2) is 5.58. The Morgan fingerprint density at radius 1 is 1.54 bits per heavy atom. The SMILES string of the molecule is CC(C)N(CCN)CC1CCCO1. The van der Waals surface area contributed by atoms with Gasteiger partial charge in [-0.1, -0.05) is 0 Å². The number of hydrogen-bond acceptors (Lipinski definition) is 3. The van der Waals surface area contributed by atoms with E-state index in [1.807, 2.05) is 0 Å². The zero-order chi connectivity index (χ0) is 9.68. The van der Waals surface area contributed by atoms with Crippen LogP contribution >= 0.6 is 0 Å². The first kappa shape index (κ1) is 11.0. The molecule has 1 heterocycles. The lowest BCUT2D eigenvalue weighted by Crippen LogP contribution is -2.40. The monoisotopic (exact) mass is 186 g/mol. The van der Waals surface area contributed by atoms with E-state index in [4.69, 9.17) is 10.5 Å². The van der Waals surface area contributed by atoms with Crippen molar-refractivity contribution in [2.75, 3.05) is 26.2 Å². The second-order valence-corrected chi connectivity index (χ2v) is 4.01. The fourth-order valence-corrected chi connectivity index (χ4v) is 1.78. The van der Waals surface area contributed by atoms with Gasteiger partial charge in [0.1, 0.15) is 0 Å². The summed E-state index contributed by atoms with van der Waals surface area (Å²) in [6, 6.07) is 0.577. The molecule has 0 aromatic rings. The summed E-state index contributed by atoms with van der Waals surface area (Å²) in [4.78, 5) is 2.40. The van der Waals surface area contributed by atoms with Gasteiger partial charge in [0, 0.05) is 32.3 Å². The van der Waals surface area contributed by atoms with Crippen molar-refractivity contribution in [1.29, 1.82) is 0 Å². The van der Waals surface area contributed by atoms with E-state index in [0.717, 1.165) is 26.2 Å². The van der Waals surface area contributed by atoms with Crippen LogP contribution in [-0.2, 0) is 4.74 Å². The first-order chi connectivity index (χ1) is 6.24. The van der Waals surface area contributed by atoms with Crippen LogP contribution in [0.5, 0.6) is 0 Å². The molecule has 13 heavy (non-hydrogen) atoms. The molecule has 78 valence electrons. The van der Waals surface area contributed by atoms with Gasteiger partial charge in [-0.2, -0.15) is 0 Å². The predicted octanol–water partition coefficient (Wildman–Crippen LogP) is 0.834. The number of rotatable bonds is 5. The van der Waals surface area contributed by atoms with Crippen molar-refractivity contribution in [3.8, 4) is 0 Å². The maximum Gasteiger partial charge on any atom is 0.0702 e. The van der Waals surface area contributed by atoms with Crippen LogP contribution in [0.4, 0.5) is 0 Å². The molecule has 0 aliphatic carbocycles. The molecule has 0 bridgehead atoms. The third kappa shape index (κ3) is 3.63. The highest BCUT2D eigenvalue weighted by Gasteiger charge is 2.19.